The molecule has 2 atom stereocenters. The molecule has 2 saturated heterocycles. The highest BCUT2D eigenvalue weighted by molar-refractivity contribution is 7.88. The number of fused-ring (bicyclic) bond motifs is 3. The maximum absolute atomic E-state index is 12.3. The predicted molar refractivity (Wildman–Crippen MR) is 127 cm³/mol. The van der Waals surface area contributed by atoms with Crippen LogP contribution in [0.2, 0.25) is 0 Å². The topological polar surface area (TPSA) is 117 Å². The first kappa shape index (κ1) is 21.8. The van der Waals surface area contributed by atoms with E-state index >= 15 is 0 Å². The van der Waals surface area contributed by atoms with Gasteiger partial charge in [-0.2, -0.15) is 4.31 Å². The number of amides is 2. The molecule has 2 unspecified atom stereocenters. The van der Waals surface area contributed by atoms with E-state index in [1.54, 1.807) is 0 Å². The van der Waals surface area contributed by atoms with Crippen LogP contribution in [0.15, 0.2) is 24.3 Å². The van der Waals surface area contributed by atoms with Crippen molar-refractivity contribution in [1.29, 1.82) is 0 Å². The molecule has 1 saturated carbocycles. The van der Waals surface area contributed by atoms with Crippen molar-refractivity contribution in [2.24, 2.45) is 0 Å². The molecular weight excluding hydrogens is 456 g/mol. The summed E-state index contributed by atoms with van der Waals surface area (Å²) in [6, 6.07) is 7.58. The molecule has 1 aromatic carbocycles. The maximum Gasteiger partial charge on any atom is 0.319 e. The van der Waals surface area contributed by atoms with Crippen LogP contribution in [-0.2, 0) is 27.8 Å². The summed E-state index contributed by atoms with van der Waals surface area (Å²) in [6.07, 6.45) is 5.76. The monoisotopic (exact) mass is 484 g/mol. The Balaban J connectivity index is 1.31. The third-order valence-corrected chi connectivity index (χ3v) is 8.06. The number of aromatic nitrogens is 2. The van der Waals surface area contributed by atoms with Crippen molar-refractivity contribution >= 4 is 27.7 Å². The molecule has 6 rings (SSSR count). The number of carbonyl (C=O) groups excluding carboxylic acids is 1. The van der Waals surface area contributed by atoms with Gasteiger partial charge in [0, 0.05) is 42.5 Å². The summed E-state index contributed by atoms with van der Waals surface area (Å²) in [4.78, 5) is 24.0. The summed E-state index contributed by atoms with van der Waals surface area (Å²) in [5.41, 5.74) is 3.86. The lowest BCUT2D eigenvalue weighted by molar-refractivity contribution is 0.0299. The fraction of sp³-hybridized carbons (Fsp3) is 0.522. The summed E-state index contributed by atoms with van der Waals surface area (Å²) in [6.45, 7) is 1.98. The van der Waals surface area contributed by atoms with Gasteiger partial charge in [0.15, 0.2) is 0 Å². The second kappa shape index (κ2) is 8.17. The predicted octanol–water partition coefficient (Wildman–Crippen LogP) is 2.07. The Bertz CT molecular complexity index is 1220. The average molecular weight is 485 g/mol. The zero-order valence-corrected chi connectivity index (χ0v) is 19.8. The molecule has 0 spiro atoms. The molecule has 2 amide bonds. The molecule has 1 aliphatic carbocycles. The summed E-state index contributed by atoms with van der Waals surface area (Å²) in [7, 11) is -3.36. The standard InChI is InChI=1S/C23H28N6O4S/c1-34(31,32)29-12-19-20(13-29)26-22(28-10-17-8-9-18(11-28)33-17)27-21(19)14-2-4-15(5-3-14)24-23(30)25-16-6-7-16/h2-5,16-18H,6-13H2,1H3,(H2,24,25,30). The molecule has 180 valence electrons. The fourth-order valence-corrected chi connectivity index (χ4v) is 5.62. The van der Waals surface area contributed by atoms with Crippen molar-refractivity contribution < 1.29 is 17.9 Å². The van der Waals surface area contributed by atoms with Crippen LogP contribution in [0, 0.1) is 0 Å². The lowest BCUT2D eigenvalue weighted by atomic mass is 10.1. The van der Waals surface area contributed by atoms with Crippen LogP contribution in [-0.4, -0.2) is 66.3 Å². The molecule has 2 N–H and O–H groups in total. The van der Waals surface area contributed by atoms with Crippen LogP contribution >= 0.6 is 0 Å². The molecule has 34 heavy (non-hydrogen) atoms. The van der Waals surface area contributed by atoms with Gasteiger partial charge in [-0.25, -0.2) is 23.2 Å². The van der Waals surface area contributed by atoms with Gasteiger partial charge in [0.1, 0.15) is 0 Å². The van der Waals surface area contributed by atoms with Crippen molar-refractivity contribution in [2.75, 3.05) is 29.6 Å². The van der Waals surface area contributed by atoms with Crippen LogP contribution in [0.3, 0.4) is 0 Å². The summed E-state index contributed by atoms with van der Waals surface area (Å²) in [5.74, 6) is 0.621. The van der Waals surface area contributed by atoms with Crippen LogP contribution in [0.4, 0.5) is 16.4 Å². The third kappa shape index (κ3) is 4.35. The molecule has 11 heteroatoms. The van der Waals surface area contributed by atoms with Gasteiger partial charge in [0.2, 0.25) is 16.0 Å². The van der Waals surface area contributed by atoms with Gasteiger partial charge >= 0.3 is 6.03 Å². The number of nitrogens with one attached hydrogen (secondary N) is 2. The third-order valence-electron chi connectivity index (χ3n) is 6.87. The summed E-state index contributed by atoms with van der Waals surface area (Å²) >= 11 is 0. The number of anilines is 2. The number of benzene rings is 1. The first-order valence-corrected chi connectivity index (χ1v) is 13.6. The average Bonchev–Trinajstić information content (AvgIpc) is 3.38. The van der Waals surface area contributed by atoms with Crippen LogP contribution in [0.1, 0.15) is 36.9 Å². The number of morpholine rings is 1. The van der Waals surface area contributed by atoms with Crippen molar-refractivity contribution in [2.45, 2.75) is 57.0 Å². The minimum absolute atomic E-state index is 0.193. The number of ether oxygens (including phenoxy) is 1. The van der Waals surface area contributed by atoms with E-state index in [0.717, 1.165) is 61.3 Å². The number of sulfonamides is 1. The summed E-state index contributed by atoms with van der Waals surface area (Å²) in [5, 5.41) is 5.77. The normalized spacial score (nSPS) is 24.2. The van der Waals surface area contributed by atoms with E-state index in [0.29, 0.717) is 11.6 Å². The molecule has 2 aromatic rings. The van der Waals surface area contributed by atoms with Crippen molar-refractivity contribution in [3.63, 3.8) is 0 Å². The Hall–Kier alpha value is -2.76. The molecule has 1 aromatic heterocycles. The highest BCUT2D eigenvalue weighted by Gasteiger charge is 2.37. The van der Waals surface area contributed by atoms with Gasteiger partial charge in [0.05, 0.1) is 36.4 Å². The fourth-order valence-electron chi connectivity index (χ4n) is 4.90. The van der Waals surface area contributed by atoms with Crippen LogP contribution < -0.4 is 15.5 Å². The van der Waals surface area contributed by atoms with E-state index in [4.69, 9.17) is 14.7 Å². The zero-order valence-electron chi connectivity index (χ0n) is 19.0. The van der Waals surface area contributed by atoms with Crippen molar-refractivity contribution in [3.8, 4) is 11.3 Å². The zero-order chi connectivity index (χ0) is 23.4. The second-order valence-electron chi connectivity index (χ2n) is 9.64. The highest BCUT2D eigenvalue weighted by atomic mass is 32.2. The van der Waals surface area contributed by atoms with Crippen LogP contribution in [0.5, 0.6) is 0 Å². The maximum atomic E-state index is 12.3. The van der Waals surface area contributed by atoms with Gasteiger partial charge in [-0.15, -0.1) is 0 Å². The van der Waals surface area contributed by atoms with Crippen molar-refractivity contribution in [1.82, 2.24) is 19.6 Å². The number of nitrogens with zero attached hydrogens (tertiary/aromatic N) is 4. The number of carbonyl (C=O) groups is 1. The molecule has 4 aliphatic rings. The lowest BCUT2D eigenvalue weighted by Gasteiger charge is -2.32. The second-order valence-corrected chi connectivity index (χ2v) is 11.6. The molecular formula is C23H28N6O4S. The van der Waals surface area contributed by atoms with Crippen molar-refractivity contribution in [3.05, 3.63) is 35.5 Å². The highest BCUT2D eigenvalue weighted by Crippen LogP contribution is 2.35. The number of hydrogen-bond acceptors (Lipinski definition) is 7. The van der Waals surface area contributed by atoms with E-state index in [9.17, 15) is 13.2 Å². The largest absolute Gasteiger partial charge is 0.371 e. The number of rotatable bonds is 5. The molecule has 4 heterocycles. The van der Waals surface area contributed by atoms with Gasteiger partial charge in [-0.05, 0) is 37.8 Å². The van der Waals surface area contributed by atoms with Crippen LogP contribution in [0.25, 0.3) is 11.3 Å². The first-order valence-electron chi connectivity index (χ1n) is 11.7. The lowest BCUT2D eigenvalue weighted by Crippen LogP contribution is -2.43. The number of urea groups is 1. The Morgan fingerprint density at radius 1 is 1.03 bits per heavy atom. The smallest absolute Gasteiger partial charge is 0.319 e. The Morgan fingerprint density at radius 2 is 1.74 bits per heavy atom. The molecule has 10 nitrogen and oxygen atoms in total. The first-order chi connectivity index (χ1) is 16.3. The van der Waals surface area contributed by atoms with Gasteiger partial charge in [-0.1, -0.05) is 12.1 Å². The van der Waals surface area contributed by atoms with Gasteiger partial charge < -0.3 is 20.3 Å². The molecule has 3 fully saturated rings. The van der Waals surface area contributed by atoms with Gasteiger partial charge in [0.25, 0.3) is 0 Å². The summed E-state index contributed by atoms with van der Waals surface area (Å²) < 4.78 is 31.9. The van der Waals surface area contributed by atoms with Gasteiger partial charge in [-0.3, -0.25) is 0 Å². The minimum atomic E-state index is -3.36. The minimum Gasteiger partial charge on any atom is -0.371 e. The molecule has 0 radical (unpaired) electrons. The SMILES string of the molecule is CS(=O)(=O)N1Cc2nc(N3CC4CCC(C3)O4)nc(-c3ccc(NC(=O)NC4CC4)cc3)c2C1. The Morgan fingerprint density at radius 3 is 2.38 bits per heavy atom. The van der Waals surface area contributed by atoms with E-state index in [2.05, 4.69) is 15.5 Å². The van der Waals surface area contributed by atoms with E-state index in [1.165, 1.54) is 10.6 Å². The van der Waals surface area contributed by atoms with E-state index < -0.39 is 10.0 Å². The Labute approximate surface area is 198 Å². The quantitative estimate of drug-likeness (QED) is 0.667. The molecule has 2 bridgehead atoms. The number of hydrogen-bond donors (Lipinski definition) is 2. The molecule has 3 aliphatic heterocycles. The van der Waals surface area contributed by atoms with E-state index in [1.807, 2.05) is 24.3 Å². The van der Waals surface area contributed by atoms with E-state index in [-0.39, 0.29) is 37.4 Å². The Kier molecular flexibility index (Phi) is 5.23.